The fourth-order valence-electron chi connectivity index (χ4n) is 5.27. The van der Waals surface area contributed by atoms with Gasteiger partial charge in [0.15, 0.2) is 0 Å². The molecule has 1 amide bonds. The summed E-state index contributed by atoms with van der Waals surface area (Å²) < 4.78 is 14.7. The smallest absolute Gasteiger partial charge is 0.410 e. The number of amides is 1. The van der Waals surface area contributed by atoms with Gasteiger partial charge in [-0.15, -0.1) is 21.5 Å². The zero-order chi connectivity index (χ0) is 24.9. The molecule has 10 heteroatoms. The van der Waals surface area contributed by atoms with Crippen LogP contribution in [0.2, 0.25) is 0 Å². The van der Waals surface area contributed by atoms with Crippen molar-refractivity contribution in [3.63, 3.8) is 0 Å². The topological polar surface area (TPSA) is 95.3 Å². The number of hydrogen-bond donors (Lipinski definition) is 0. The minimum Gasteiger partial charge on any atom is -0.473 e. The summed E-state index contributed by atoms with van der Waals surface area (Å²) in [7, 11) is 0. The van der Waals surface area contributed by atoms with E-state index in [4.69, 9.17) is 9.47 Å². The van der Waals surface area contributed by atoms with E-state index in [-0.39, 0.29) is 24.3 Å². The maximum Gasteiger partial charge on any atom is 0.410 e. The van der Waals surface area contributed by atoms with Gasteiger partial charge >= 0.3 is 6.09 Å². The van der Waals surface area contributed by atoms with Crippen LogP contribution >= 0.6 is 11.3 Å². The fraction of sp³-hybridized carbons (Fsp3) is 0.423. The number of hydrogen-bond acceptors (Lipinski definition) is 8. The first-order valence-electron chi connectivity index (χ1n) is 12.2. The lowest BCUT2D eigenvalue weighted by Crippen LogP contribution is -2.50. The molecule has 0 saturated carbocycles. The average Bonchev–Trinajstić information content (AvgIpc) is 3.58. The first-order chi connectivity index (χ1) is 17.4. The maximum atomic E-state index is 12.7. The summed E-state index contributed by atoms with van der Waals surface area (Å²) in [6.07, 6.45) is 6.95. The van der Waals surface area contributed by atoms with Crippen molar-refractivity contribution in [1.82, 2.24) is 29.9 Å². The van der Waals surface area contributed by atoms with Crippen molar-refractivity contribution in [2.75, 3.05) is 0 Å². The lowest BCUT2D eigenvalue weighted by Gasteiger charge is -2.39. The van der Waals surface area contributed by atoms with Gasteiger partial charge in [-0.3, -0.25) is 0 Å². The third kappa shape index (κ3) is 4.30. The zero-order valence-electron chi connectivity index (χ0n) is 20.5. The predicted molar refractivity (Wildman–Crippen MR) is 136 cm³/mol. The van der Waals surface area contributed by atoms with E-state index in [0.717, 1.165) is 52.8 Å². The maximum absolute atomic E-state index is 12.7. The van der Waals surface area contributed by atoms with E-state index in [9.17, 15) is 4.79 Å². The summed E-state index contributed by atoms with van der Waals surface area (Å²) in [5.74, 6) is 0.502. The molecule has 186 valence electrons. The van der Waals surface area contributed by atoms with Crippen LogP contribution in [0.15, 0.2) is 48.2 Å². The largest absolute Gasteiger partial charge is 0.473 e. The van der Waals surface area contributed by atoms with Crippen LogP contribution in [-0.2, 0) is 4.74 Å². The second-order valence-corrected chi connectivity index (χ2v) is 11.2. The molecule has 2 aliphatic heterocycles. The first kappa shape index (κ1) is 22.9. The molecule has 4 aromatic rings. The average molecular weight is 505 g/mol. The molecule has 2 bridgehead atoms. The Morgan fingerprint density at radius 3 is 2.56 bits per heavy atom. The van der Waals surface area contributed by atoms with E-state index in [1.165, 1.54) is 0 Å². The Kier molecular flexibility index (Phi) is 5.63. The monoisotopic (exact) mass is 504 g/mol. The van der Waals surface area contributed by atoms with Gasteiger partial charge in [0.2, 0.25) is 5.88 Å². The van der Waals surface area contributed by atoms with Crippen LogP contribution in [0, 0.1) is 0 Å². The number of fused-ring (bicyclic) bond motifs is 3. The zero-order valence-corrected chi connectivity index (χ0v) is 21.3. The molecule has 0 N–H and O–H groups in total. The number of carbonyl (C=O) groups is 1. The number of nitrogens with zero attached hydrogens (tertiary/aromatic N) is 6. The number of rotatable bonds is 4. The van der Waals surface area contributed by atoms with Crippen molar-refractivity contribution in [3.8, 4) is 22.8 Å². The molecule has 1 aromatic carbocycles. The number of aromatic nitrogens is 5. The van der Waals surface area contributed by atoms with Crippen LogP contribution < -0.4 is 4.74 Å². The lowest BCUT2D eigenvalue weighted by atomic mass is 10.0. The molecule has 0 radical (unpaired) electrons. The molecular weight excluding hydrogens is 476 g/mol. The molecular formula is C26H28N6O3S. The van der Waals surface area contributed by atoms with Crippen molar-refractivity contribution < 1.29 is 14.3 Å². The standard InChI is InChI=1S/C26H28N6O3S/c1-26(2,3)35-25(33)32-16-5-6-17(32)14-18(13-16)34-22-10-8-20(29-30-22)19-7-9-21(31-12-4-11-28-31)23-24(19)36-15-27-23/h4,7-12,15-18H,5-6,13-14H2,1-3H3/t16-,17?,18?/m0/s1. The van der Waals surface area contributed by atoms with E-state index < -0.39 is 5.60 Å². The molecule has 2 unspecified atom stereocenters. The predicted octanol–water partition coefficient (Wildman–Crippen LogP) is 5.25. The molecule has 6 rings (SSSR count). The highest BCUT2D eigenvalue weighted by Crippen LogP contribution is 2.38. The number of thiazole rings is 1. The van der Waals surface area contributed by atoms with Gasteiger partial charge in [0.25, 0.3) is 0 Å². The van der Waals surface area contributed by atoms with Crippen LogP contribution in [0.1, 0.15) is 46.5 Å². The van der Waals surface area contributed by atoms with E-state index in [1.807, 2.05) is 72.4 Å². The number of ether oxygens (including phenoxy) is 2. The summed E-state index contributed by atoms with van der Waals surface area (Å²) >= 11 is 1.57. The molecule has 3 atom stereocenters. The Balaban J connectivity index is 1.16. The van der Waals surface area contributed by atoms with Gasteiger partial charge in [-0.1, -0.05) is 0 Å². The molecule has 36 heavy (non-hydrogen) atoms. The van der Waals surface area contributed by atoms with Crippen molar-refractivity contribution in [2.24, 2.45) is 0 Å². The van der Waals surface area contributed by atoms with Gasteiger partial charge in [0.05, 0.1) is 21.6 Å². The Hall–Kier alpha value is -3.53. The molecule has 2 aliphatic rings. The van der Waals surface area contributed by atoms with Gasteiger partial charge in [0, 0.05) is 48.9 Å². The van der Waals surface area contributed by atoms with Crippen LogP contribution in [0.3, 0.4) is 0 Å². The number of carbonyl (C=O) groups excluding carboxylic acids is 1. The van der Waals surface area contributed by atoms with E-state index >= 15 is 0 Å². The van der Waals surface area contributed by atoms with Gasteiger partial charge in [-0.2, -0.15) is 5.10 Å². The van der Waals surface area contributed by atoms with Crippen LogP contribution in [-0.4, -0.2) is 59.7 Å². The fourth-order valence-corrected chi connectivity index (χ4v) is 6.10. The minimum atomic E-state index is -0.495. The lowest BCUT2D eigenvalue weighted by molar-refractivity contribution is -0.00770. The van der Waals surface area contributed by atoms with Crippen LogP contribution in [0.5, 0.6) is 5.88 Å². The Morgan fingerprint density at radius 1 is 1.08 bits per heavy atom. The molecule has 0 aliphatic carbocycles. The van der Waals surface area contributed by atoms with Crippen LogP contribution in [0.4, 0.5) is 4.79 Å². The molecule has 0 spiro atoms. The second kappa shape index (κ2) is 8.85. The number of piperidine rings is 1. The molecule has 2 fully saturated rings. The highest BCUT2D eigenvalue weighted by molar-refractivity contribution is 7.17. The van der Waals surface area contributed by atoms with E-state index in [0.29, 0.717) is 5.88 Å². The van der Waals surface area contributed by atoms with Gasteiger partial charge in [0.1, 0.15) is 17.2 Å². The van der Waals surface area contributed by atoms with Crippen molar-refractivity contribution in [1.29, 1.82) is 0 Å². The Labute approximate surface area is 213 Å². The molecule has 5 heterocycles. The normalized spacial score (nSPS) is 21.6. The van der Waals surface area contributed by atoms with Gasteiger partial charge in [-0.05, 0) is 57.9 Å². The SMILES string of the molecule is CC(C)(C)OC(=O)N1C2CC[C@H]1CC(Oc1ccc(-c3ccc(-n4cccn4)c4ncsc34)nn1)C2. The highest BCUT2D eigenvalue weighted by atomic mass is 32.1. The molecule has 2 saturated heterocycles. The summed E-state index contributed by atoms with van der Waals surface area (Å²) in [4.78, 5) is 19.2. The summed E-state index contributed by atoms with van der Waals surface area (Å²) in [5.41, 5.74) is 4.90. The van der Waals surface area contributed by atoms with Crippen molar-refractivity contribution >= 4 is 27.6 Å². The second-order valence-electron chi connectivity index (χ2n) is 10.4. The highest BCUT2D eigenvalue weighted by Gasteiger charge is 2.45. The minimum absolute atomic E-state index is 0.00268. The Bertz CT molecular complexity index is 1370. The molecule has 9 nitrogen and oxygen atoms in total. The van der Waals surface area contributed by atoms with Crippen molar-refractivity contribution in [2.45, 2.75) is 70.2 Å². The van der Waals surface area contributed by atoms with Gasteiger partial charge in [-0.25, -0.2) is 14.5 Å². The van der Waals surface area contributed by atoms with E-state index in [1.54, 1.807) is 17.5 Å². The van der Waals surface area contributed by atoms with Crippen LogP contribution in [0.25, 0.3) is 27.2 Å². The van der Waals surface area contributed by atoms with E-state index in [2.05, 4.69) is 20.3 Å². The quantitative estimate of drug-likeness (QED) is 0.375. The van der Waals surface area contributed by atoms with Gasteiger partial charge < -0.3 is 14.4 Å². The first-order valence-corrected chi connectivity index (χ1v) is 13.1. The summed E-state index contributed by atoms with van der Waals surface area (Å²) in [6.45, 7) is 5.70. The number of benzene rings is 1. The Morgan fingerprint density at radius 2 is 1.89 bits per heavy atom. The van der Waals surface area contributed by atoms with Crippen molar-refractivity contribution in [3.05, 3.63) is 48.2 Å². The summed E-state index contributed by atoms with van der Waals surface area (Å²) in [6, 6.07) is 10.0. The third-order valence-corrected chi connectivity index (χ3v) is 7.57. The summed E-state index contributed by atoms with van der Waals surface area (Å²) in [5, 5.41) is 13.2. The third-order valence-electron chi connectivity index (χ3n) is 6.71. The molecule has 3 aromatic heterocycles.